The lowest BCUT2D eigenvalue weighted by Crippen LogP contribution is -2.40. The van der Waals surface area contributed by atoms with E-state index in [1.807, 2.05) is 13.0 Å². The quantitative estimate of drug-likeness (QED) is 0.236. The largest absolute Gasteiger partial charge is 0.357 e. The molecule has 31 heavy (non-hydrogen) atoms. The third-order valence-electron chi connectivity index (χ3n) is 4.90. The summed E-state index contributed by atoms with van der Waals surface area (Å²) in [6.45, 7) is 7.18. The molecule has 0 aliphatic carbocycles. The lowest BCUT2D eigenvalue weighted by molar-refractivity contribution is 0.238. The second-order valence-corrected chi connectivity index (χ2v) is 8.91. The number of aliphatic imine (C=N–C) groups is 1. The first-order chi connectivity index (χ1) is 14.3. The maximum absolute atomic E-state index is 11.3. The summed E-state index contributed by atoms with van der Waals surface area (Å²) in [4.78, 5) is 7.03. The maximum atomic E-state index is 11.3. The average Bonchev–Trinajstić information content (AvgIpc) is 2.72. The van der Waals surface area contributed by atoms with E-state index in [-0.39, 0.29) is 28.9 Å². The van der Waals surface area contributed by atoms with Gasteiger partial charge >= 0.3 is 0 Å². The Kier molecular flexibility index (Phi) is 12.1. The molecule has 0 aliphatic heterocycles. The van der Waals surface area contributed by atoms with Crippen molar-refractivity contribution in [3.63, 3.8) is 0 Å². The smallest absolute Gasteiger partial charge is 0.238 e. The third-order valence-corrected chi connectivity index (χ3v) is 5.83. The molecule has 1 atom stereocenters. The van der Waals surface area contributed by atoms with Crippen molar-refractivity contribution in [3.8, 4) is 0 Å². The van der Waals surface area contributed by atoms with Gasteiger partial charge < -0.3 is 10.6 Å². The number of rotatable bonds is 10. The molecule has 2 aromatic carbocycles. The molecule has 0 aromatic heterocycles. The lowest BCUT2D eigenvalue weighted by atomic mass is 10.1. The Hall–Kier alpha value is -1.69. The summed E-state index contributed by atoms with van der Waals surface area (Å²) in [5.74, 6) is 0.742. The van der Waals surface area contributed by atoms with Crippen molar-refractivity contribution >= 4 is 40.0 Å². The molecule has 0 bridgehead atoms. The molecule has 0 saturated heterocycles. The van der Waals surface area contributed by atoms with Gasteiger partial charge in [0.2, 0.25) is 10.0 Å². The lowest BCUT2D eigenvalue weighted by Gasteiger charge is -2.25. The molecular weight excluding hydrogens is 525 g/mol. The Morgan fingerprint density at radius 2 is 1.71 bits per heavy atom. The second-order valence-electron chi connectivity index (χ2n) is 7.35. The number of nitrogens with zero attached hydrogens (tertiary/aromatic N) is 2. The Morgan fingerprint density at radius 3 is 2.29 bits per heavy atom. The van der Waals surface area contributed by atoms with Gasteiger partial charge in [-0.25, -0.2) is 18.5 Å². The summed E-state index contributed by atoms with van der Waals surface area (Å²) >= 11 is 0. The van der Waals surface area contributed by atoms with Crippen LogP contribution in [0.1, 0.15) is 31.4 Å². The number of halogens is 1. The van der Waals surface area contributed by atoms with Crippen LogP contribution in [-0.4, -0.2) is 45.5 Å². The van der Waals surface area contributed by atoms with Gasteiger partial charge in [-0.15, -0.1) is 24.0 Å². The summed E-state index contributed by atoms with van der Waals surface area (Å²) < 4.78 is 22.7. The predicted molar refractivity (Wildman–Crippen MR) is 138 cm³/mol. The Labute approximate surface area is 203 Å². The highest BCUT2D eigenvalue weighted by Crippen LogP contribution is 2.10. The van der Waals surface area contributed by atoms with Crippen molar-refractivity contribution in [2.75, 3.05) is 20.1 Å². The van der Waals surface area contributed by atoms with Crippen molar-refractivity contribution in [1.82, 2.24) is 15.5 Å². The van der Waals surface area contributed by atoms with E-state index < -0.39 is 10.0 Å². The molecule has 7 nitrogen and oxygen atoms in total. The van der Waals surface area contributed by atoms with Gasteiger partial charge in [0.25, 0.3) is 0 Å². The molecule has 172 valence electrons. The Morgan fingerprint density at radius 1 is 1.06 bits per heavy atom. The van der Waals surface area contributed by atoms with Gasteiger partial charge in [0, 0.05) is 25.7 Å². The van der Waals surface area contributed by atoms with Crippen LogP contribution in [0.15, 0.2) is 64.5 Å². The zero-order chi connectivity index (χ0) is 22.0. The average molecular weight is 560 g/mol. The summed E-state index contributed by atoms with van der Waals surface area (Å²) in [7, 11) is -1.53. The summed E-state index contributed by atoms with van der Waals surface area (Å²) in [6, 6.07) is 17.4. The summed E-state index contributed by atoms with van der Waals surface area (Å²) in [6.07, 6.45) is 0.983. The maximum Gasteiger partial charge on any atom is 0.238 e. The molecule has 9 heteroatoms. The van der Waals surface area contributed by atoms with E-state index in [0.29, 0.717) is 12.6 Å². The van der Waals surface area contributed by atoms with Gasteiger partial charge in [-0.05, 0) is 50.6 Å². The zero-order valence-electron chi connectivity index (χ0n) is 18.4. The molecule has 2 aromatic rings. The standard InChI is InChI=1S/C22H33N5O2S.HI/c1-4-24-22(26-16-19-10-12-21(13-11-19)30(23,28)29)25-15-14-18(2)27(3)17-20-8-6-5-7-9-20;/h5-13,18H,4,14-17H2,1-3H3,(H2,23,28,29)(H2,24,25,26);1H. The van der Waals surface area contributed by atoms with Gasteiger partial charge in [0.15, 0.2) is 5.96 Å². The molecule has 0 amide bonds. The normalized spacial score (nSPS) is 12.9. The van der Waals surface area contributed by atoms with E-state index in [9.17, 15) is 8.42 Å². The van der Waals surface area contributed by atoms with Crippen LogP contribution >= 0.6 is 24.0 Å². The van der Waals surface area contributed by atoms with Gasteiger partial charge in [0.05, 0.1) is 11.4 Å². The van der Waals surface area contributed by atoms with Crippen LogP contribution in [0.4, 0.5) is 0 Å². The van der Waals surface area contributed by atoms with Crippen LogP contribution < -0.4 is 15.8 Å². The van der Waals surface area contributed by atoms with Crippen LogP contribution in [0.3, 0.4) is 0 Å². The fraction of sp³-hybridized carbons (Fsp3) is 0.409. The van der Waals surface area contributed by atoms with E-state index in [0.717, 1.165) is 37.6 Å². The highest BCUT2D eigenvalue weighted by Gasteiger charge is 2.10. The molecule has 0 radical (unpaired) electrons. The zero-order valence-corrected chi connectivity index (χ0v) is 21.6. The number of hydrogen-bond acceptors (Lipinski definition) is 4. The minimum Gasteiger partial charge on any atom is -0.357 e. The number of guanidine groups is 1. The minimum atomic E-state index is -3.67. The SMILES string of the molecule is CCNC(=NCc1ccc(S(N)(=O)=O)cc1)NCCC(C)N(C)Cc1ccccc1.I. The molecule has 0 heterocycles. The van der Waals surface area contributed by atoms with Gasteiger partial charge in [-0.1, -0.05) is 42.5 Å². The second kappa shape index (κ2) is 13.7. The molecule has 4 N–H and O–H groups in total. The van der Waals surface area contributed by atoms with Crippen LogP contribution in [-0.2, 0) is 23.1 Å². The molecular formula is C22H34IN5O2S. The summed E-state index contributed by atoms with van der Waals surface area (Å²) in [5, 5.41) is 11.7. The number of nitrogens with two attached hydrogens (primary N) is 1. The number of hydrogen-bond donors (Lipinski definition) is 3. The molecule has 0 spiro atoms. The fourth-order valence-electron chi connectivity index (χ4n) is 2.94. The van der Waals surface area contributed by atoms with Crippen molar-refractivity contribution in [1.29, 1.82) is 0 Å². The van der Waals surface area contributed by atoms with Crippen molar-refractivity contribution in [2.45, 2.75) is 44.3 Å². The van der Waals surface area contributed by atoms with Gasteiger partial charge in [-0.3, -0.25) is 4.90 Å². The molecule has 0 saturated carbocycles. The van der Waals surface area contributed by atoms with E-state index in [2.05, 4.69) is 58.8 Å². The first-order valence-corrected chi connectivity index (χ1v) is 11.7. The first kappa shape index (κ1) is 27.3. The fourth-order valence-corrected chi connectivity index (χ4v) is 3.46. The Balaban J connectivity index is 0.00000480. The topological polar surface area (TPSA) is 99.8 Å². The van der Waals surface area contributed by atoms with E-state index in [1.54, 1.807) is 12.1 Å². The van der Waals surface area contributed by atoms with Crippen LogP contribution in [0.25, 0.3) is 0 Å². The van der Waals surface area contributed by atoms with Crippen LogP contribution in [0.5, 0.6) is 0 Å². The number of sulfonamides is 1. The van der Waals surface area contributed by atoms with Gasteiger partial charge in [0.1, 0.15) is 0 Å². The minimum absolute atomic E-state index is 0. The van der Waals surface area contributed by atoms with E-state index >= 15 is 0 Å². The van der Waals surface area contributed by atoms with Crippen LogP contribution in [0, 0.1) is 0 Å². The monoisotopic (exact) mass is 559 g/mol. The third kappa shape index (κ3) is 9.98. The van der Waals surface area contributed by atoms with Crippen molar-refractivity contribution in [2.24, 2.45) is 10.1 Å². The highest BCUT2D eigenvalue weighted by molar-refractivity contribution is 14.0. The van der Waals surface area contributed by atoms with E-state index in [1.165, 1.54) is 17.7 Å². The Bertz CT molecular complexity index is 905. The predicted octanol–water partition coefficient (Wildman–Crippen LogP) is 2.92. The molecule has 2 rings (SSSR count). The van der Waals surface area contributed by atoms with Gasteiger partial charge in [-0.2, -0.15) is 0 Å². The number of nitrogens with one attached hydrogen (secondary N) is 2. The molecule has 1 unspecified atom stereocenters. The van der Waals surface area contributed by atoms with Crippen LogP contribution in [0.2, 0.25) is 0 Å². The first-order valence-electron chi connectivity index (χ1n) is 10.2. The van der Waals surface area contributed by atoms with Crippen molar-refractivity contribution in [3.05, 3.63) is 65.7 Å². The summed E-state index contributed by atoms with van der Waals surface area (Å²) in [5.41, 5.74) is 2.22. The number of benzene rings is 2. The van der Waals surface area contributed by atoms with Crippen molar-refractivity contribution < 1.29 is 8.42 Å². The number of primary sulfonamides is 1. The molecule has 0 fully saturated rings. The van der Waals surface area contributed by atoms with E-state index in [4.69, 9.17) is 5.14 Å². The highest BCUT2D eigenvalue weighted by atomic mass is 127. The molecule has 0 aliphatic rings.